The fourth-order valence-corrected chi connectivity index (χ4v) is 4.19. The number of aromatic amines is 1. The molecule has 34 heavy (non-hydrogen) atoms. The van der Waals surface area contributed by atoms with E-state index in [9.17, 15) is 4.79 Å². The molecule has 0 unspecified atom stereocenters. The Morgan fingerprint density at radius 1 is 1.12 bits per heavy atom. The number of H-pyrrole nitrogens is 1. The van der Waals surface area contributed by atoms with E-state index in [1.165, 1.54) is 0 Å². The number of benzene rings is 1. The number of carbonyl (C=O) groups excluding carboxylic acids is 1. The van der Waals surface area contributed by atoms with Crippen LogP contribution in [0, 0.1) is 20.8 Å². The van der Waals surface area contributed by atoms with Crippen molar-refractivity contribution in [2.75, 3.05) is 19.6 Å². The van der Waals surface area contributed by atoms with Gasteiger partial charge in [-0.25, -0.2) is 4.98 Å². The Kier molecular flexibility index (Phi) is 5.21. The van der Waals surface area contributed by atoms with Gasteiger partial charge in [-0.3, -0.25) is 14.3 Å². The van der Waals surface area contributed by atoms with Gasteiger partial charge in [-0.2, -0.15) is 5.10 Å². The highest BCUT2D eigenvalue weighted by Gasteiger charge is 2.27. The summed E-state index contributed by atoms with van der Waals surface area (Å²) in [6.07, 6.45) is 3.12. The zero-order valence-corrected chi connectivity index (χ0v) is 19.2. The number of anilines is 1. The molecule has 0 saturated carbocycles. The molecular formula is C24H23N7O3. The van der Waals surface area contributed by atoms with E-state index in [0.717, 1.165) is 28.0 Å². The Hall–Kier alpha value is -4.31. The summed E-state index contributed by atoms with van der Waals surface area (Å²) in [7, 11) is 1.56. The first-order chi connectivity index (χ1) is 16.4. The third-order valence-electron chi connectivity index (χ3n) is 5.73. The molecule has 1 aromatic carbocycles. The van der Waals surface area contributed by atoms with Crippen molar-refractivity contribution in [2.45, 2.75) is 20.8 Å². The Labute approximate surface area is 194 Å². The minimum Gasteiger partial charge on any atom is -0.467 e. The number of fused-ring (bicyclic) bond motifs is 2. The number of nitrogens with zero attached hydrogens (tertiary/aromatic N) is 5. The Balaban J connectivity index is 1.73. The van der Waals surface area contributed by atoms with Crippen molar-refractivity contribution in [2.24, 2.45) is 0 Å². The average molecular weight is 457 g/mol. The normalized spacial score (nSPS) is 11.4. The summed E-state index contributed by atoms with van der Waals surface area (Å²) >= 11 is 0. The van der Waals surface area contributed by atoms with Crippen LogP contribution in [0.15, 0.2) is 36.7 Å². The number of aromatic nitrogens is 6. The van der Waals surface area contributed by atoms with Crippen LogP contribution in [-0.2, 0) is 4.74 Å². The first-order valence-corrected chi connectivity index (χ1v) is 10.6. The topological polar surface area (TPSA) is 134 Å². The minimum absolute atomic E-state index is 0.109. The number of rotatable bonds is 6. The molecule has 0 saturated heterocycles. The molecule has 4 aromatic heterocycles. The van der Waals surface area contributed by atoms with Crippen molar-refractivity contribution in [3.8, 4) is 11.4 Å². The van der Waals surface area contributed by atoms with Crippen molar-refractivity contribution in [1.29, 1.82) is 0 Å². The van der Waals surface area contributed by atoms with Gasteiger partial charge in [-0.05, 0) is 44.5 Å². The third kappa shape index (κ3) is 3.35. The van der Waals surface area contributed by atoms with Gasteiger partial charge in [-0.1, -0.05) is 6.07 Å². The third-order valence-corrected chi connectivity index (χ3v) is 5.73. The van der Waals surface area contributed by atoms with E-state index in [-0.39, 0.29) is 24.0 Å². The van der Waals surface area contributed by atoms with E-state index >= 15 is 0 Å². The summed E-state index contributed by atoms with van der Waals surface area (Å²) in [4.78, 5) is 25.8. The molecule has 5 rings (SSSR count). The average Bonchev–Trinajstić information content (AvgIpc) is 3.37. The number of nitrogens with one attached hydrogen (secondary N) is 1. The summed E-state index contributed by atoms with van der Waals surface area (Å²) in [5.41, 5.74) is 12.8. The highest BCUT2D eigenvalue weighted by Crippen LogP contribution is 2.36. The molecule has 0 aliphatic rings. The Morgan fingerprint density at radius 2 is 1.91 bits per heavy atom. The van der Waals surface area contributed by atoms with Crippen LogP contribution in [0.3, 0.4) is 0 Å². The molecule has 10 heteroatoms. The molecule has 10 nitrogen and oxygen atoms in total. The molecular weight excluding hydrogens is 434 g/mol. The molecule has 0 atom stereocenters. The molecule has 0 aliphatic heterocycles. The number of carbonyl (C=O) groups is 1. The Morgan fingerprint density at radius 3 is 2.71 bits per heavy atom. The minimum atomic E-state index is -0.306. The maximum absolute atomic E-state index is 13.7. The number of nitrogens with two attached hydrogens (primary N) is 1. The molecule has 4 heterocycles. The summed E-state index contributed by atoms with van der Waals surface area (Å²) in [5, 5.41) is 8.21. The van der Waals surface area contributed by atoms with Crippen LogP contribution < -0.4 is 10.5 Å². The first-order valence-electron chi connectivity index (χ1n) is 10.6. The van der Waals surface area contributed by atoms with E-state index in [1.54, 1.807) is 30.1 Å². The van der Waals surface area contributed by atoms with E-state index in [4.69, 9.17) is 15.2 Å². The highest BCUT2D eigenvalue weighted by atomic mass is 16.7. The van der Waals surface area contributed by atoms with Gasteiger partial charge in [0.15, 0.2) is 12.4 Å². The van der Waals surface area contributed by atoms with Gasteiger partial charge in [-0.15, -0.1) is 5.10 Å². The number of ketones is 1. The SMILES string of the molecule is COCOc1ccc(C)c(-n2c(N)c(C(=O)c3cc4nnc(C)cc4[nH]3)c3nccnc32)c1C. The molecule has 172 valence electrons. The molecule has 0 spiro atoms. The van der Waals surface area contributed by atoms with Crippen LogP contribution >= 0.6 is 0 Å². The summed E-state index contributed by atoms with van der Waals surface area (Å²) in [6.45, 7) is 5.84. The van der Waals surface area contributed by atoms with Crippen molar-refractivity contribution in [3.63, 3.8) is 0 Å². The standard InChI is InChI=1S/C24H23N7O3/c1-12-5-6-18(34-11-33-4)14(3)21(12)31-23(25)19(20-24(31)27-8-7-26-20)22(32)17-10-16-15(28-17)9-13(2)29-30-16/h5-10,28H,11,25H2,1-4H3. The van der Waals surface area contributed by atoms with Gasteiger partial charge in [0.2, 0.25) is 5.78 Å². The van der Waals surface area contributed by atoms with Gasteiger partial charge < -0.3 is 20.2 Å². The maximum atomic E-state index is 13.7. The van der Waals surface area contributed by atoms with Gasteiger partial charge >= 0.3 is 0 Å². The van der Waals surface area contributed by atoms with Gasteiger partial charge in [0.05, 0.1) is 28.2 Å². The van der Waals surface area contributed by atoms with Crippen molar-refractivity contribution in [3.05, 3.63) is 64.7 Å². The van der Waals surface area contributed by atoms with Crippen molar-refractivity contribution in [1.82, 2.24) is 29.7 Å². The lowest BCUT2D eigenvalue weighted by Crippen LogP contribution is -2.10. The molecule has 3 N–H and O–H groups in total. The van der Waals surface area contributed by atoms with Gasteiger partial charge in [0.1, 0.15) is 22.6 Å². The predicted molar refractivity (Wildman–Crippen MR) is 127 cm³/mol. The second-order valence-corrected chi connectivity index (χ2v) is 8.03. The van der Waals surface area contributed by atoms with E-state index < -0.39 is 0 Å². The van der Waals surface area contributed by atoms with Crippen LogP contribution in [0.4, 0.5) is 5.82 Å². The van der Waals surface area contributed by atoms with Crippen molar-refractivity contribution < 1.29 is 14.3 Å². The van der Waals surface area contributed by atoms with E-state index in [1.807, 2.05) is 39.0 Å². The van der Waals surface area contributed by atoms with E-state index in [0.29, 0.717) is 28.1 Å². The predicted octanol–water partition coefficient (Wildman–Crippen LogP) is 3.41. The number of ether oxygens (including phenoxy) is 2. The quantitative estimate of drug-likeness (QED) is 0.293. The monoisotopic (exact) mass is 457 g/mol. The lowest BCUT2D eigenvalue weighted by molar-refractivity contribution is 0.0506. The van der Waals surface area contributed by atoms with Crippen LogP contribution in [0.5, 0.6) is 5.75 Å². The first kappa shape index (κ1) is 21.5. The number of aryl methyl sites for hydroxylation is 2. The van der Waals surface area contributed by atoms with Gasteiger partial charge in [0, 0.05) is 25.1 Å². The number of hydrogen-bond donors (Lipinski definition) is 2. The summed E-state index contributed by atoms with van der Waals surface area (Å²) < 4.78 is 12.5. The van der Waals surface area contributed by atoms with Crippen LogP contribution in [-0.4, -0.2) is 49.4 Å². The summed E-state index contributed by atoms with van der Waals surface area (Å²) in [5.74, 6) is 0.576. The van der Waals surface area contributed by atoms with Crippen LogP contribution in [0.2, 0.25) is 0 Å². The molecule has 0 fully saturated rings. The second-order valence-electron chi connectivity index (χ2n) is 8.03. The second kappa shape index (κ2) is 8.23. The zero-order chi connectivity index (χ0) is 24.0. The molecule has 0 radical (unpaired) electrons. The Bertz CT molecular complexity index is 1570. The highest BCUT2D eigenvalue weighted by molar-refractivity contribution is 6.19. The van der Waals surface area contributed by atoms with Crippen LogP contribution in [0.1, 0.15) is 32.9 Å². The van der Waals surface area contributed by atoms with Crippen LogP contribution in [0.25, 0.3) is 27.9 Å². The maximum Gasteiger partial charge on any atom is 0.215 e. The molecule has 5 aromatic rings. The molecule has 0 aliphatic carbocycles. The fourth-order valence-electron chi connectivity index (χ4n) is 4.19. The smallest absolute Gasteiger partial charge is 0.215 e. The largest absolute Gasteiger partial charge is 0.467 e. The number of hydrogen-bond acceptors (Lipinski definition) is 8. The fraction of sp³-hybridized carbons (Fsp3) is 0.208. The van der Waals surface area contributed by atoms with Crippen molar-refractivity contribution >= 4 is 33.8 Å². The van der Waals surface area contributed by atoms with Gasteiger partial charge in [0.25, 0.3) is 0 Å². The number of methoxy groups -OCH3 is 1. The summed E-state index contributed by atoms with van der Waals surface area (Å²) in [6, 6.07) is 7.30. The lowest BCUT2D eigenvalue weighted by atomic mass is 10.1. The van der Waals surface area contributed by atoms with E-state index in [2.05, 4.69) is 25.1 Å². The molecule has 0 amide bonds. The molecule has 0 bridgehead atoms. The lowest BCUT2D eigenvalue weighted by Gasteiger charge is -2.17. The zero-order valence-electron chi connectivity index (χ0n) is 19.2. The number of nitrogen functional groups attached to an aromatic ring is 1.